The van der Waals surface area contributed by atoms with Crippen molar-refractivity contribution in [3.8, 4) is 0 Å². The topological polar surface area (TPSA) is 55.4 Å². The van der Waals surface area contributed by atoms with Crippen molar-refractivity contribution in [1.82, 2.24) is 4.72 Å². The Bertz CT molecular complexity index is 573. The van der Waals surface area contributed by atoms with Crippen molar-refractivity contribution >= 4 is 22.5 Å². The number of nitrogens with one attached hydrogen (secondary N) is 1. The van der Waals surface area contributed by atoms with Crippen LogP contribution in [0.1, 0.15) is 45.2 Å². The third kappa shape index (κ3) is 6.28. The number of carbonyl (C=O) groups is 1. The summed E-state index contributed by atoms with van der Waals surface area (Å²) in [7, 11) is -1.36. The molecule has 0 spiro atoms. The van der Waals surface area contributed by atoms with Gasteiger partial charge in [-0.2, -0.15) is 0 Å². The van der Waals surface area contributed by atoms with E-state index in [0.29, 0.717) is 6.42 Å². The highest BCUT2D eigenvalue weighted by Crippen LogP contribution is 2.20. The summed E-state index contributed by atoms with van der Waals surface area (Å²) in [5.41, 5.74) is 2.94. The van der Waals surface area contributed by atoms with Crippen LogP contribution in [0.25, 0.3) is 5.57 Å². The van der Waals surface area contributed by atoms with E-state index in [4.69, 9.17) is 4.74 Å². The number of hydrogen-bond donors (Lipinski definition) is 1. The van der Waals surface area contributed by atoms with Gasteiger partial charge in [-0.1, -0.05) is 36.4 Å². The Hall–Kier alpha value is -1.46. The van der Waals surface area contributed by atoms with Gasteiger partial charge in [0.25, 0.3) is 0 Å². The van der Waals surface area contributed by atoms with Crippen LogP contribution in [0.3, 0.4) is 0 Å². The molecule has 0 bridgehead atoms. The zero-order valence-electron chi connectivity index (χ0n) is 14.6. The van der Waals surface area contributed by atoms with Gasteiger partial charge < -0.3 is 4.74 Å². The zero-order valence-corrected chi connectivity index (χ0v) is 15.5. The van der Waals surface area contributed by atoms with Crippen LogP contribution in [-0.4, -0.2) is 27.6 Å². The van der Waals surface area contributed by atoms with Crippen molar-refractivity contribution in [3.63, 3.8) is 0 Å². The summed E-state index contributed by atoms with van der Waals surface area (Å²) < 4.78 is 19.8. The highest BCUT2D eigenvalue weighted by Gasteiger charge is 2.28. The Kier molecular flexibility index (Phi) is 7.16. The van der Waals surface area contributed by atoms with E-state index in [1.165, 1.54) is 0 Å². The molecule has 1 N–H and O–H groups in total. The summed E-state index contributed by atoms with van der Waals surface area (Å²) in [4.78, 5) is 12.2. The average Bonchev–Trinajstić information content (AvgIpc) is 2.46. The number of aryl methyl sites for hydroxylation is 1. The Morgan fingerprint density at radius 1 is 1.30 bits per heavy atom. The van der Waals surface area contributed by atoms with Crippen molar-refractivity contribution in [3.05, 3.63) is 42.0 Å². The van der Waals surface area contributed by atoms with E-state index >= 15 is 0 Å². The molecule has 1 aromatic rings. The Balaban J connectivity index is 2.87. The van der Waals surface area contributed by atoms with E-state index < -0.39 is 27.7 Å². The second-order valence-corrected chi connectivity index (χ2v) is 8.48. The van der Waals surface area contributed by atoms with Gasteiger partial charge in [-0.3, -0.25) is 4.79 Å². The summed E-state index contributed by atoms with van der Waals surface area (Å²) in [6.45, 7) is 13.7. The van der Waals surface area contributed by atoms with E-state index in [2.05, 4.69) is 11.3 Å². The lowest BCUT2D eigenvalue weighted by Gasteiger charge is -2.23. The van der Waals surface area contributed by atoms with Crippen molar-refractivity contribution < 1.29 is 13.7 Å². The van der Waals surface area contributed by atoms with Gasteiger partial charge >= 0.3 is 5.97 Å². The summed E-state index contributed by atoms with van der Waals surface area (Å²) >= 11 is 0. The van der Waals surface area contributed by atoms with Gasteiger partial charge in [-0.15, -0.1) is 0 Å². The lowest BCUT2D eigenvalue weighted by atomic mass is 10.00. The minimum absolute atomic E-state index is 0.288. The maximum absolute atomic E-state index is 12.3. The summed E-state index contributed by atoms with van der Waals surface area (Å²) in [5.74, 6) is -0.404. The first-order valence-electron chi connectivity index (χ1n) is 7.74. The van der Waals surface area contributed by atoms with Crippen LogP contribution in [0, 0.1) is 6.92 Å². The monoisotopic (exact) mass is 337 g/mol. The van der Waals surface area contributed by atoms with Crippen LogP contribution in [0.2, 0.25) is 0 Å². The normalized spacial score (nSPS) is 14.1. The zero-order chi connectivity index (χ0) is 17.6. The van der Waals surface area contributed by atoms with Crippen molar-refractivity contribution in [2.75, 3.05) is 6.61 Å². The number of ether oxygens (including phenoxy) is 1. The van der Waals surface area contributed by atoms with Crippen molar-refractivity contribution in [1.29, 1.82) is 0 Å². The number of rotatable bonds is 7. The highest BCUT2D eigenvalue weighted by molar-refractivity contribution is 7.84. The van der Waals surface area contributed by atoms with Gasteiger partial charge in [0, 0.05) is 0 Å². The van der Waals surface area contributed by atoms with E-state index in [0.717, 1.165) is 16.7 Å². The second kappa shape index (κ2) is 8.41. The van der Waals surface area contributed by atoms with E-state index in [9.17, 15) is 9.00 Å². The molecule has 0 aromatic heterocycles. The third-order valence-corrected chi connectivity index (χ3v) is 4.90. The maximum Gasteiger partial charge on any atom is 0.324 e. The molecular weight excluding hydrogens is 310 g/mol. The van der Waals surface area contributed by atoms with Crippen molar-refractivity contribution in [2.45, 2.75) is 51.8 Å². The summed E-state index contributed by atoms with van der Waals surface area (Å²) in [6.07, 6.45) is 0.351. The fourth-order valence-corrected chi connectivity index (χ4v) is 2.67. The van der Waals surface area contributed by atoms with Gasteiger partial charge in [-0.25, -0.2) is 8.93 Å². The smallest absolute Gasteiger partial charge is 0.324 e. The van der Waals surface area contributed by atoms with Crippen LogP contribution in [0.5, 0.6) is 0 Å². The molecular formula is C18H27NO3S. The standard InChI is InChI=1S/C18H27NO3S/c1-7-22-17(20)16(19-23(21)18(4,5)6)12-14(3)15-10-8-13(2)9-11-15/h8-11,16,19H,3,7,12H2,1-2,4-6H3/t16-,23-/m0/s1. The molecule has 2 atom stereocenters. The van der Waals surface area contributed by atoms with Crippen LogP contribution < -0.4 is 4.72 Å². The van der Waals surface area contributed by atoms with Gasteiger partial charge in [0.1, 0.15) is 6.04 Å². The molecule has 0 aliphatic heterocycles. The Morgan fingerprint density at radius 2 is 1.87 bits per heavy atom. The predicted octanol–water partition coefficient (Wildman–Crippen LogP) is 3.38. The van der Waals surface area contributed by atoms with Crippen LogP contribution in [0.4, 0.5) is 0 Å². The van der Waals surface area contributed by atoms with Crippen LogP contribution in [-0.2, 0) is 20.5 Å². The SMILES string of the molecule is C=C(C[C@H](N[S@@](=O)C(C)(C)C)C(=O)OCC)c1ccc(C)cc1. The lowest BCUT2D eigenvalue weighted by Crippen LogP contribution is -2.44. The first kappa shape index (κ1) is 19.6. The number of benzene rings is 1. The molecule has 0 saturated carbocycles. The Labute approximate surface area is 141 Å². The van der Waals surface area contributed by atoms with Gasteiger partial charge in [0.2, 0.25) is 0 Å². The first-order chi connectivity index (χ1) is 10.6. The molecule has 0 radical (unpaired) electrons. The molecule has 0 heterocycles. The average molecular weight is 337 g/mol. The summed E-state index contributed by atoms with van der Waals surface area (Å²) in [5, 5.41) is 0. The van der Waals surface area contributed by atoms with Gasteiger partial charge in [0.15, 0.2) is 0 Å². The highest BCUT2D eigenvalue weighted by atomic mass is 32.2. The molecule has 5 heteroatoms. The van der Waals surface area contributed by atoms with E-state index in [-0.39, 0.29) is 6.61 Å². The van der Waals surface area contributed by atoms with Crippen LogP contribution in [0.15, 0.2) is 30.8 Å². The van der Waals surface area contributed by atoms with Crippen LogP contribution >= 0.6 is 0 Å². The molecule has 1 aromatic carbocycles. The largest absolute Gasteiger partial charge is 0.465 e. The van der Waals surface area contributed by atoms with Gasteiger partial charge in [-0.05, 0) is 52.2 Å². The Morgan fingerprint density at radius 3 is 2.35 bits per heavy atom. The number of carbonyl (C=O) groups excluding carboxylic acids is 1. The number of esters is 1. The molecule has 1 rings (SSSR count). The second-order valence-electron chi connectivity index (χ2n) is 6.48. The molecule has 0 amide bonds. The molecule has 0 fully saturated rings. The maximum atomic E-state index is 12.3. The fourth-order valence-electron chi connectivity index (χ4n) is 1.88. The van der Waals surface area contributed by atoms with Crippen molar-refractivity contribution in [2.24, 2.45) is 0 Å². The quantitative estimate of drug-likeness (QED) is 0.776. The fraction of sp³-hybridized carbons (Fsp3) is 0.500. The molecule has 23 heavy (non-hydrogen) atoms. The minimum Gasteiger partial charge on any atom is -0.465 e. The van der Waals surface area contributed by atoms with Gasteiger partial charge in [0.05, 0.1) is 22.3 Å². The molecule has 0 aliphatic rings. The predicted molar refractivity (Wildman–Crippen MR) is 96.3 cm³/mol. The molecule has 128 valence electrons. The molecule has 0 aliphatic carbocycles. The first-order valence-corrected chi connectivity index (χ1v) is 8.89. The van der Waals surface area contributed by atoms with E-state index in [1.54, 1.807) is 6.92 Å². The summed E-state index contributed by atoms with van der Waals surface area (Å²) in [6, 6.07) is 7.27. The lowest BCUT2D eigenvalue weighted by molar-refractivity contribution is -0.144. The minimum atomic E-state index is -1.36. The molecule has 0 saturated heterocycles. The van der Waals surface area contributed by atoms with E-state index in [1.807, 2.05) is 52.0 Å². The number of hydrogen-bond acceptors (Lipinski definition) is 3. The molecule has 0 unspecified atom stereocenters. The third-order valence-electron chi connectivity index (χ3n) is 3.29. The molecule has 4 nitrogen and oxygen atoms in total.